The smallest absolute Gasteiger partial charge is 0.160 e. The number of nitrogens with zero attached hydrogens (tertiary/aromatic N) is 3. The molecule has 0 radical (unpaired) electrons. The van der Waals surface area contributed by atoms with Gasteiger partial charge in [0.25, 0.3) is 0 Å². The molecular weight excluding hydrogens is 342 g/mol. The molecule has 0 saturated carbocycles. The molecule has 3 heterocycles. The predicted octanol–water partition coefficient (Wildman–Crippen LogP) is 4.85. The van der Waals surface area contributed by atoms with E-state index >= 15 is 0 Å². The Morgan fingerprint density at radius 2 is 2.12 bits per heavy atom. The van der Waals surface area contributed by atoms with Crippen LogP contribution < -0.4 is 4.74 Å². The van der Waals surface area contributed by atoms with Gasteiger partial charge in [-0.05, 0) is 50.1 Å². The van der Waals surface area contributed by atoms with Crippen LogP contribution in [0, 0.1) is 0 Å². The number of fused-ring (bicyclic) bond motifs is 1. The van der Waals surface area contributed by atoms with E-state index in [0.717, 1.165) is 28.8 Å². The third kappa shape index (κ3) is 3.20. The van der Waals surface area contributed by atoms with Gasteiger partial charge in [-0.2, -0.15) is 0 Å². The van der Waals surface area contributed by atoms with Gasteiger partial charge in [0.1, 0.15) is 11.8 Å². The molecule has 4 nitrogen and oxygen atoms in total. The fraction of sp³-hybridized carbons (Fsp3) is 0.429. The van der Waals surface area contributed by atoms with E-state index in [9.17, 15) is 0 Å². The second-order valence-corrected chi connectivity index (χ2v) is 8.06. The molecule has 5 heteroatoms. The Bertz CT molecular complexity index is 793. The van der Waals surface area contributed by atoms with Crippen molar-refractivity contribution < 1.29 is 4.74 Å². The van der Waals surface area contributed by atoms with Crippen LogP contribution >= 0.6 is 11.8 Å². The minimum absolute atomic E-state index is 0.0300. The lowest BCUT2D eigenvalue weighted by atomic mass is 9.95. The first-order valence-electron chi connectivity index (χ1n) is 9.34. The standard InChI is InChI=1S/C21H25N3OS/c1-4-16-13-26-21-23-19(18-10-5-6-11-22-18)20(24(16)21)15-8-7-9-17(12-15)25-14(2)3/h5-12,14,16,19-20H,4,13H2,1-3H3/t16-,19-,20+/m1/s1. The van der Waals surface area contributed by atoms with Crippen molar-refractivity contribution >= 4 is 16.9 Å². The SMILES string of the molecule is CC[C@@H]1CSC2=N[C@H](c3ccccn3)[C@H](c3cccc(OC(C)C)c3)N21. The Labute approximate surface area is 159 Å². The highest BCUT2D eigenvalue weighted by atomic mass is 32.2. The van der Waals surface area contributed by atoms with Crippen LogP contribution in [-0.2, 0) is 0 Å². The van der Waals surface area contributed by atoms with Gasteiger partial charge in [0.05, 0.1) is 17.8 Å². The molecule has 0 aliphatic carbocycles. The molecule has 2 aromatic rings. The van der Waals surface area contributed by atoms with Crippen molar-refractivity contribution in [2.75, 3.05) is 5.75 Å². The highest BCUT2D eigenvalue weighted by Crippen LogP contribution is 2.48. The van der Waals surface area contributed by atoms with Crippen LogP contribution in [0.3, 0.4) is 0 Å². The first kappa shape index (κ1) is 17.4. The summed E-state index contributed by atoms with van der Waals surface area (Å²) in [6, 6.07) is 15.3. The van der Waals surface area contributed by atoms with E-state index < -0.39 is 0 Å². The molecule has 0 N–H and O–H groups in total. The summed E-state index contributed by atoms with van der Waals surface area (Å²) < 4.78 is 5.94. The zero-order valence-electron chi connectivity index (χ0n) is 15.5. The van der Waals surface area contributed by atoms with Crippen molar-refractivity contribution in [2.45, 2.75) is 51.4 Å². The van der Waals surface area contributed by atoms with Crippen molar-refractivity contribution in [1.29, 1.82) is 0 Å². The first-order valence-corrected chi connectivity index (χ1v) is 10.3. The minimum Gasteiger partial charge on any atom is -0.491 e. The van der Waals surface area contributed by atoms with E-state index in [4.69, 9.17) is 9.73 Å². The maximum absolute atomic E-state index is 5.94. The summed E-state index contributed by atoms with van der Waals surface area (Å²) in [4.78, 5) is 12.2. The third-order valence-electron chi connectivity index (χ3n) is 4.90. The largest absolute Gasteiger partial charge is 0.491 e. The monoisotopic (exact) mass is 367 g/mol. The van der Waals surface area contributed by atoms with Crippen molar-refractivity contribution in [1.82, 2.24) is 9.88 Å². The lowest BCUT2D eigenvalue weighted by Crippen LogP contribution is -2.35. The van der Waals surface area contributed by atoms with E-state index in [0.29, 0.717) is 6.04 Å². The highest BCUT2D eigenvalue weighted by Gasteiger charge is 2.45. The van der Waals surface area contributed by atoms with Crippen molar-refractivity contribution in [3.63, 3.8) is 0 Å². The number of benzene rings is 1. The topological polar surface area (TPSA) is 37.7 Å². The predicted molar refractivity (Wildman–Crippen MR) is 108 cm³/mol. The maximum Gasteiger partial charge on any atom is 0.160 e. The molecule has 0 spiro atoms. The number of ether oxygens (including phenoxy) is 1. The molecule has 1 fully saturated rings. The van der Waals surface area contributed by atoms with Gasteiger partial charge in [0.2, 0.25) is 0 Å². The molecule has 0 bridgehead atoms. The Kier molecular flexibility index (Phi) is 4.90. The van der Waals surface area contributed by atoms with Crippen LogP contribution in [0.25, 0.3) is 0 Å². The molecule has 1 aromatic carbocycles. The fourth-order valence-corrected chi connectivity index (χ4v) is 5.09. The second kappa shape index (κ2) is 7.31. The number of pyridine rings is 1. The maximum atomic E-state index is 5.94. The molecule has 2 aliphatic heterocycles. The van der Waals surface area contributed by atoms with E-state index in [2.05, 4.69) is 54.9 Å². The summed E-state index contributed by atoms with van der Waals surface area (Å²) in [6.45, 7) is 6.38. The fourth-order valence-electron chi connectivity index (χ4n) is 3.75. The molecule has 4 rings (SSSR count). The first-order chi connectivity index (χ1) is 12.7. The number of rotatable bonds is 5. The molecule has 136 valence electrons. The number of hydrogen-bond acceptors (Lipinski definition) is 5. The number of amidine groups is 1. The molecule has 2 aliphatic rings. The minimum atomic E-state index is 0.0300. The van der Waals surface area contributed by atoms with Crippen molar-refractivity contribution in [3.8, 4) is 5.75 Å². The Morgan fingerprint density at radius 1 is 1.23 bits per heavy atom. The van der Waals surface area contributed by atoms with E-state index in [-0.39, 0.29) is 18.2 Å². The van der Waals surface area contributed by atoms with Gasteiger partial charge >= 0.3 is 0 Å². The average molecular weight is 368 g/mol. The zero-order chi connectivity index (χ0) is 18.1. The van der Waals surface area contributed by atoms with Crippen molar-refractivity contribution in [3.05, 3.63) is 59.9 Å². The molecule has 0 unspecified atom stereocenters. The molecule has 0 amide bonds. The van der Waals surface area contributed by atoms with Gasteiger partial charge in [0.15, 0.2) is 5.17 Å². The van der Waals surface area contributed by atoms with Gasteiger partial charge in [-0.3, -0.25) is 9.98 Å². The van der Waals surface area contributed by atoms with Gasteiger partial charge in [-0.1, -0.05) is 36.9 Å². The summed E-state index contributed by atoms with van der Waals surface area (Å²) in [5, 5.41) is 1.16. The Balaban J connectivity index is 1.75. The van der Waals surface area contributed by atoms with Gasteiger partial charge in [0, 0.05) is 18.0 Å². The van der Waals surface area contributed by atoms with Crippen LogP contribution in [0.15, 0.2) is 53.7 Å². The van der Waals surface area contributed by atoms with E-state index in [1.807, 2.05) is 36.2 Å². The Hall–Kier alpha value is -2.01. The van der Waals surface area contributed by atoms with Gasteiger partial charge in [-0.25, -0.2) is 0 Å². The Morgan fingerprint density at radius 3 is 2.85 bits per heavy atom. The molecular formula is C21H25N3OS. The number of aromatic nitrogens is 1. The summed E-state index contributed by atoms with van der Waals surface area (Å²) in [7, 11) is 0. The van der Waals surface area contributed by atoms with E-state index in [1.54, 1.807) is 0 Å². The summed E-state index contributed by atoms with van der Waals surface area (Å²) >= 11 is 1.87. The van der Waals surface area contributed by atoms with Crippen LogP contribution in [-0.4, -0.2) is 33.0 Å². The average Bonchev–Trinajstić information content (AvgIpc) is 3.21. The molecule has 3 atom stereocenters. The quantitative estimate of drug-likeness (QED) is 0.757. The third-order valence-corrected chi connectivity index (χ3v) is 6.03. The summed E-state index contributed by atoms with van der Waals surface area (Å²) in [5.74, 6) is 2.04. The van der Waals surface area contributed by atoms with E-state index in [1.165, 1.54) is 5.56 Å². The summed E-state index contributed by atoms with van der Waals surface area (Å²) in [6.07, 6.45) is 3.15. The van der Waals surface area contributed by atoms with Crippen LogP contribution in [0.5, 0.6) is 5.75 Å². The van der Waals surface area contributed by atoms with Crippen LogP contribution in [0.2, 0.25) is 0 Å². The normalized spacial score (nSPS) is 24.7. The molecule has 1 aromatic heterocycles. The number of thioether (sulfide) groups is 1. The van der Waals surface area contributed by atoms with Crippen molar-refractivity contribution in [2.24, 2.45) is 4.99 Å². The number of aliphatic imine (C=N–C) groups is 1. The van der Waals surface area contributed by atoms with Crippen LogP contribution in [0.1, 0.15) is 50.5 Å². The lowest BCUT2D eigenvalue weighted by molar-refractivity contribution is 0.237. The van der Waals surface area contributed by atoms with Gasteiger partial charge in [-0.15, -0.1) is 0 Å². The highest BCUT2D eigenvalue weighted by molar-refractivity contribution is 8.14. The second-order valence-electron chi connectivity index (χ2n) is 7.08. The molecule has 1 saturated heterocycles. The van der Waals surface area contributed by atoms with Crippen LogP contribution in [0.4, 0.5) is 0 Å². The molecule has 26 heavy (non-hydrogen) atoms. The zero-order valence-corrected chi connectivity index (χ0v) is 16.3. The summed E-state index contributed by atoms with van der Waals surface area (Å²) in [5.41, 5.74) is 2.28. The van der Waals surface area contributed by atoms with Gasteiger partial charge < -0.3 is 9.64 Å². The lowest BCUT2D eigenvalue weighted by Gasteiger charge is -2.32. The number of hydrogen-bond donors (Lipinski definition) is 0.